The largest absolute Gasteiger partial charge is 0.407 e. The lowest BCUT2D eigenvalue weighted by Crippen LogP contribution is -2.13. The van der Waals surface area contributed by atoms with Crippen molar-refractivity contribution < 1.29 is 18.7 Å². The molecule has 7 heteroatoms. The molecule has 0 aliphatic rings. The number of nitrogens with zero attached hydrogens (tertiary/aromatic N) is 2. The normalized spacial score (nSPS) is 10.8. The highest BCUT2D eigenvalue weighted by Gasteiger charge is 2.26. The van der Waals surface area contributed by atoms with Crippen molar-refractivity contribution in [3.8, 4) is 34.0 Å². The molecule has 4 aromatic carbocycles. The zero-order valence-corrected chi connectivity index (χ0v) is 21.7. The summed E-state index contributed by atoms with van der Waals surface area (Å²) in [5, 5.41) is 7.63. The van der Waals surface area contributed by atoms with E-state index in [1.54, 1.807) is 48.5 Å². The van der Waals surface area contributed by atoms with Crippen LogP contribution in [0.4, 0.5) is 10.1 Å². The Bertz CT molecular complexity index is 1670. The molecule has 39 heavy (non-hydrogen) atoms. The minimum Gasteiger partial charge on any atom is -0.407 e. The Balaban J connectivity index is 1.62. The molecule has 0 saturated carbocycles. The fourth-order valence-electron chi connectivity index (χ4n) is 4.34. The summed E-state index contributed by atoms with van der Waals surface area (Å²) in [5.41, 5.74) is 5.42. The number of hydrogen-bond acceptors (Lipinski definition) is 4. The van der Waals surface area contributed by atoms with Gasteiger partial charge in [0.2, 0.25) is 5.88 Å². The van der Waals surface area contributed by atoms with Crippen LogP contribution in [0.15, 0.2) is 97.1 Å². The molecule has 0 aliphatic heterocycles. The Hall–Kier alpha value is -5.04. The van der Waals surface area contributed by atoms with Gasteiger partial charge in [0.25, 0.3) is 5.91 Å². The molecule has 1 aromatic heterocycles. The summed E-state index contributed by atoms with van der Waals surface area (Å²) in [6.07, 6.45) is 0. The number of carbonyl (C=O) groups is 2. The highest BCUT2D eigenvalue weighted by molar-refractivity contribution is 6.05. The van der Waals surface area contributed by atoms with Crippen molar-refractivity contribution in [1.82, 2.24) is 9.78 Å². The zero-order chi connectivity index (χ0) is 27.5. The van der Waals surface area contributed by atoms with E-state index in [0.29, 0.717) is 33.8 Å². The first-order valence-electron chi connectivity index (χ1n) is 12.4. The molecule has 194 valence electrons. The first kappa shape index (κ1) is 25.6. The van der Waals surface area contributed by atoms with Crippen molar-refractivity contribution in [3.63, 3.8) is 0 Å². The van der Waals surface area contributed by atoms with Crippen molar-refractivity contribution in [3.05, 3.63) is 120 Å². The fourth-order valence-corrected chi connectivity index (χ4v) is 4.34. The summed E-state index contributed by atoms with van der Waals surface area (Å²) in [5.74, 6) is -1.04. The van der Waals surface area contributed by atoms with Crippen molar-refractivity contribution in [2.75, 3.05) is 5.32 Å². The quantitative estimate of drug-likeness (QED) is 0.242. The van der Waals surface area contributed by atoms with Crippen LogP contribution in [0.3, 0.4) is 0 Å². The van der Waals surface area contributed by atoms with Crippen LogP contribution in [-0.4, -0.2) is 21.7 Å². The lowest BCUT2D eigenvalue weighted by atomic mass is 10.0. The molecule has 0 aliphatic carbocycles. The standard InChI is InChI=1S/C32H26FN3O3/c1-20-12-18-25(19-13-20)36-32(39-22(3)37)29(30(35-36)27-10-6-7-11-28(27)33)23-14-16-24(17-15-23)34-31(38)26-9-5-4-8-21(26)2/h4-19H,1-3H3,(H,34,38). The Kier molecular flexibility index (Phi) is 7.06. The molecular weight excluding hydrogens is 493 g/mol. The minimum absolute atomic E-state index is 0.168. The second-order valence-corrected chi connectivity index (χ2v) is 9.20. The Morgan fingerprint density at radius 3 is 2.18 bits per heavy atom. The highest BCUT2D eigenvalue weighted by Crippen LogP contribution is 2.42. The maximum absolute atomic E-state index is 15.0. The van der Waals surface area contributed by atoms with Gasteiger partial charge in [0, 0.05) is 23.7 Å². The molecule has 0 atom stereocenters. The molecule has 6 nitrogen and oxygen atoms in total. The van der Waals surface area contributed by atoms with E-state index in [-0.39, 0.29) is 17.4 Å². The molecule has 5 rings (SSSR count). The number of aromatic nitrogens is 2. The summed E-state index contributed by atoms with van der Waals surface area (Å²) < 4.78 is 22.2. The summed E-state index contributed by atoms with van der Waals surface area (Å²) >= 11 is 0. The maximum atomic E-state index is 15.0. The molecule has 0 bridgehead atoms. The molecule has 0 spiro atoms. The molecule has 0 radical (unpaired) electrons. The molecule has 0 unspecified atom stereocenters. The molecule has 5 aromatic rings. The minimum atomic E-state index is -0.535. The molecule has 0 fully saturated rings. The van der Waals surface area contributed by atoms with Crippen molar-refractivity contribution in [2.45, 2.75) is 20.8 Å². The predicted molar refractivity (Wildman–Crippen MR) is 150 cm³/mol. The van der Waals surface area contributed by atoms with E-state index in [9.17, 15) is 9.59 Å². The van der Waals surface area contributed by atoms with Crippen molar-refractivity contribution in [1.29, 1.82) is 0 Å². The molecule has 1 N–H and O–H groups in total. The van der Waals surface area contributed by atoms with E-state index < -0.39 is 11.8 Å². The number of amides is 1. The Morgan fingerprint density at radius 2 is 1.51 bits per heavy atom. The van der Waals surface area contributed by atoms with Gasteiger partial charge in [-0.2, -0.15) is 9.78 Å². The van der Waals surface area contributed by atoms with Gasteiger partial charge in [0.15, 0.2) is 0 Å². The maximum Gasteiger partial charge on any atom is 0.309 e. The average Bonchev–Trinajstić information content (AvgIpc) is 3.28. The van der Waals surface area contributed by atoms with Crippen LogP contribution < -0.4 is 10.1 Å². The number of anilines is 1. The fraction of sp³-hybridized carbons (Fsp3) is 0.0938. The third-order valence-corrected chi connectivity index (χ3v) is 6.31. The summed E-state index contributed by atoms with van der Waals surface area (Å²) in [7, 11) is 0. The van der Waals surface area contributed by atoms with Gasteiger partial charge >= 0.3 is 5.97 Å². The van der Waals surface area contributed by atoms with E-state index in [1.807, 2.05) is 56.3 Å². The highest BCUT2D eigenvalue weighted by atomic mass is 19.1. The third kappa shape index (κ3) is 5.33. The number of esters is 1. The van der Waals surface area contributed by atoms with Gasteiger partial charge in [-0.3, -0.25) is 9.59 Å². The average molecular weight is 520 g/mol. The van der Waals surface area contributed by atoms with Gasteiger partial charge in [0.05, 0.1) is 11.3 Å². The van der Waals surface area contributed by atoms with Crippen LogP contribution in [0.2, 0.25) is 0 Å². The van der Waals surface area contributed by atoms with E-state index in [0.717, 1.165) is 11.1 Å². The molecule has 0 saturated heterocycles. The van der Waals surface area contributed by atoms with Gasteiger partial charge in [0.1, 0.15) is 11.5 Å². The number of hydrogen-bond donors (Lipinski definition) is 1. The van der Waals surface area contributed by atoms with Crippen LogP contribution in [0.5, 0.6) is 5.88 Å². The number of carbonyl (C=O) groups excluding carboxylic acids is 2. The second-order valence-electron chi connectivity index (χ2n) is 9.20. The lowest BCUT2D eigenvalue weighted by Gasteiger charge is -2.11. The molecular formula is C32H26FN3O3. The number of nitrogens with one attached hydrogen (secondary N) is 1. The Morgan fingerprint density at radius 1 is 0.846 bits per heavy atom. The van der Waals surface area contributed by atoms with E-state index in [2.05, 4.69) is 5.32 Å². The van der Waals surface area contributed by atoms with E-state index in [4.69, 9.17) is 9.84 Å². The predicted octanol–water partition coefficient (Wildman–Crippen LogP) is 7.14. The Labute approximate surface area is 225 Å². The van der Waals surface area contributed by atoms with Crippen molar-refractivity contribution in [2.24, 2.45) is 0 Å². The summed E-state index contributed by atoms with van der Waals surface area (Å²) in [6.45, 7) is 5.16. The van der Waals surface area contributed by atoms with E-state index in [1.165, 1.54) is 17.7 Å². The topological polar surface area (TPSA) is 73.2 Å². The van der Waals surface area contributed by atoms with Gasteiger partial charge in [-0.15, -0.1) is 0 Å². The SMILES string of the molecule is CC(=O)Oc1c(-c2ccc(NC(=O)c3ccccc3C)cc2)c(-c2ccccc2F)nn1-c1ccc(C)cc1. The van der Waals surface area contributed by atoms with E-state index >= 15 is 4.39 Å². The van der Waals surface area contributed by atoms with Gasteiger partial charge in [-0.05, 0) is 67.4 Å². The van der Waals surface area contributed by atoms with Gasteiger partial charge in [-0.25, -0.2) is 4.39 Å². The van der Waals surface area contributed by atoms with Crippen LogP contribution in [0, 0.1) is 19.7 Å². The number of ether oxygens (including phenoxy) is 1. The summed E-state index contributed by atoms with van der Waals surface area (Å²) in [4.78, 5) is 25.0. The van der Waals surface area contributed by atoms with Crippen LogP contribution in [-0.2, 0) is 4.79 Å². The first-order chi connectivity index (χ1) is 18.8. The number of benzene rings is 4. The van der Waals surface area contributed by atoms with Crippen molar-refractivity contribution >= 4 is 17.6 Å². The third-order valence-electron chi connectivity index (χ3n) is 6.31. The molecule has 1 heterocycles. The van der Waals surface area contributed by atoms with Crippen LogP contribution in [0.1, 0.15) is 28.4 Å². The lowest BCUT2D eigenvalue weighted by molar-refractivity contribution is -0.132. The zero-order valence-electron chi connectivity index (χ0n) is 21.7. The summed E-state index contributed by atoms with van der Waals surface area (Å²) in [6, 6.07) is 28.3. The second kappa shape index (κ2) is 10.8. The van der Waals surface area contributed by atoms with Gasteiger partial charge < -0.3 is 10.1 Å². The first-order valence-corrected chi connectivity index (χ1v) is 12.4. The smallest absolute Gasteiger partial charge is 0.309 e. The molecule has 1 amide bonds. The van der Waals surface area contributed by atoms with Crippen LogP contribution >= 0.6 is 0 Å². The number of halogens is 1. The van der Waals surface area contributed by atoms with Gasteiger partial charge in [-0.1, -0.05) is 60.2 Å². The number of aryl methyl sites for hydroxylation is 2. The number of rotatable bonds is 6. The monoisotopic (exact) mass is 519 g/mol. The van der Waals surface area contributed by atoms with Crippen LogP contribution in [0.25, 0.3) is 28.1 Å².